The van der Waals surface area contributed by atoms with Crippen LogP contribution in [0.4, 0.5) is 5.69 Å². The van der Waals surface area contributed by atoms with Crippen molar-refractivity contribution in [2.45, 2.75) is 59.7 Å². The van der Waals surface area contributed by atoms with Gasteiger partial charge in [0.2, 0.25) is 21.8 Å². The lowest BCUT2D eigenvalue weighted by atomic mass is 10.1. The Morgan fingerprint density at radius 3 is 2.18 bits per heavy atom. The normalized spacial score (nSPS) is 12.7. The van der Waals surface area contributed by atoms with Crippen molar-refractivity contribution in [3.63, 3.8) is 0 Å². The molecular formula is C25H34ClN3O4S. The number of nitrogens with one attached hydrogen (secondary N) is 1. The van der Waals surface area contributed by atoms with Crippen LogP contribution in [0.5, 0.6) is 0 Å². The molecule has 34 heavy (non-hydrogen) atoms. The number of carbonyl (C=O) groups excluding carboxylic acids is 2. The SMILES string of the molecule is Cc1cccc(N(CC(=O)N(Cc2ccc(Cl)cc2)[C@H](C)C(=O)NC(C)(C)C)S(C)(=O)=O)c1C. The van der Waals surface area contributed by atoms with Crippen molar-refractivity contribution in [1.82, 2.24) is 10.2 Å². The van der Waals surface area contributed by atoms with E-state index in [0.717, 1.165) is 27.3 Å². The molecule has 2 amide bonds. The Labute approximate surface area is 208 Å². The highest BCUT2D eigenvalue weighted by Crippen LogP contribution is 2.25. The molecule has 9 heteroatoms. The molecule has 0 saturated carbocycles. The van der Waals surface area contributed by atoms with E-state index in [9.17, 15) is 18.0 Å². The maximum atomic E-state index is 13.6. The highest BCUT2D eigenvalue weighted by atomic mass is 35.5. The minimum atomic E-state index is -3.77. The summed E-state index contributed by atoms with van der Waals surface area (Å²) in [6.45, 7) is 10.6. The molecule has 0 spiro atoms. The summed E-state index contributed by atoms with van der Waals surface area (Å²) in [7, 11) is -3.77. The van der Waals surface area contributed by atoms with Gasteiger partial charge in [-0.05, 0) is 76.4 Å². The molecule has 0 unspecified atom stereocenters. The van der Waals surface area contributed by atoms with Crippen LogP contribution in [0, 0.1) is 13.8 Å². The second kappa shape index (κ2) is 10.8. The summed E-state index contributed by atoms with van der Waals surface area (Å²) in [5.74, 6) is -0.815. The quantitative estimate of drug-likeness (QED) is 0.583. The lowest BCUT2D eigenvalue weighted by Crippen LogP contribution is -2.54. The lowest BCUT2D eigenvalue weighted by Gasteiger charge is -2.33. The van der Waals surface area contributed by atoms with Gasteiger partial charge in [-0.1, -0.05) is 35.9 Å². The van der Waals surface area contributed by atoms with Gasteiger partial charge >= 0.3 is 0 Å². The first-order valence-corrected chi connectivity index (χ1v) is 13.2. The molecule has 1 atom stereocenters. The van der Waals surface area contributed by atoms with E-state index in [-0.39, 0.29) is 12.5 Å². The van der Waals surface area contributed by atoms with Crippen LogP contribution in [-0.2, 0) is 26.2 Å². The van der Waals surface area contributed by atoms with Crippen LogP contribution in [0.15, 0.2) is 42.5 Å². The van der Waals surface area contributed by atoms with Gasteiger partial charge in [-0.15, -0.1) is 0 Å². The summed E-state index contributed by atoms with van der Waals surface area (Å²) in [5.41, 5.74) is 2.40. The summed E-state index contributed by atoms with van der Waals surface area (Å²) in [6.07, 6.45) is 1.07. The fraction of sp³-hybridized carbons (Fsp3) is 0.440. The van der Waals surface area contributed by atoms with E-state index in [1.54, 1.807) is 43.3 Å². The predicted molar refractivity (Wildman–Crippen MR) is 137 cm³/mol. The Morgan fingerprint density at radius 2 is 1.65 bits per heavy atom. The molecule has 0 aromatic heterocycles. The maximum absolute atomic E-state index is 13.6. The number of anilines is 1. The van der Waals surface area contributed by atoms with Crippen molar-refractivity contribution in [3.8, 4) is 0 Å². The fourth-order valence-corrected chi connectivity index (χ4v) is 4.47. The molecule has 1 N–H and O–H groups in total. The minimum Gasteiger partial charge on any atom is -0.350 e. The van der Waals surface area contributed by atoms with Gasteiger partial charge in [0.25, 0.3) is 0 Å². The van der Waals surface area contributed by atoms with E-state index in [4.69, 9.17) is 11.6 Å². The smallest absolute Gasteiger partial charge is 0.244 e. The molecule has 0 saturated heterocycles. The maximum Gasteiger partial charge on any atom is 0.244 e. The molecule has 2 aromatic rings. The molecule has 0 bridgehead atoms. The molecule has 186 valence electrons. The summed E-state index contributed by atoms with van der Waals surface area (Å²) >= 11 is 5.99. The number of sulfonamides is 1. The van der Waals surface area contributed by atoms with Gasteiger partial charge in [0.1, 0.15) is 12.6 Å². The van der Waals surface area contributed by atoms with Crippen molar-refractivity contribution >= 4 is 39.1 Å². The zero-order valence-corrected chi connectivity index (χ0v) is 22.4. The number of benzene rings is 2. The Morgan fingerprint density at radius 1 is 1.06 bits per heavy atom. The molecule has 0 aliphatic rings. The highest BCUT2D eigenvalue weighted by Gasteiger charge is 2.31. The molecule has 0 aliphatic heterocycles. The Hall–Kier alpha value is -2.58. The number of amides is 2. The Kier molecular flexibility index (Phi) is 8.77. The third kappa shape index (κ3) is 7.46. The van der Waals surface area contributed by atoms with Crippen LogP contribution < -0.4 is 9.62 Å². The van der Waals surface area contributed by atoms with Crippen molar-refractivity contribution < 1.29 is 18.0 Å². The molecule has 2 aromatic carbocycles. The zero-order valence-electron chi connectivity index (χ0n) is 20.8. The van der Waals surface area contributed by atoms with E-state index in [1.165, 1.54) is 4.90 Å². The monoisotopic (exact) mass is 507 g/mol. The fourth-order valence-electron chi connectivity index (χ4n) is 3.44. The number of hydrogen-bond acceptors (Lipinski definition) is 4. The number of hydrogen-bond donors (Lipinski definition) is 1. The van der Waals surface area contributed by atoms with Gasteiger partial charge in [-0.3, -0.25) is 13.9 Å². The molecule has 0 radical (unpaired) electrons. The molecular weight excluding hydrogens is 474 g/mol. The summed E-state index contributed by atoms with van der Waals surface area (Å²) < 4.78 is 26.5. The lowest BCUT2D eigenvalue weighted by molar-refractivity contribution is -0.140. The summed E-state index contributed by atoms with van der Waals surface area (Å²) in [4.78, 5) is 27.9. The first kappa shape index (κ1) is 27.7. The largest absolute Gasteiger partial charge is 0.350 e. The van der Waals surface area contributed by atoms with Crippen molar-refractivity contribution in [2.24, 2.45) is 0 Å². The third-order valence-electron chi connectivity index (χ3n) is 5.46. The van der Waals surface area contributed by atoms with E-state index < -0.39 is 34.1 Å². The minimum absolute atomic E-state index is 0.124. The van der Waals surface area contributed by atoms with Gasteiger partial charge in [-0.2, -0.15) is 0 Å². The molecule has 2 rings (SSSR count). The van der Waals surface area contributed by atoms with Crippen LogP contribution in [-0.4, -0.2) is 49.5 Å². The molecule has 0 fully saturated rings. The Bertz CT molecular complexity index is 1140. The first-order valence-electron chi connectivity index (χ1n) is 11.0. The van der Waals surface area contributed by atoms with Crippen LogP contribution in [0.1, 0.15) is 44.4 Å². The zero-order chi connectivity index (χ0) is 25.8. The number of nitrogens with zero attached hydrogens (tertiary/aromatic N) is 2. The summed E-state index contributed by atoms with van der Waals surface area (Å²) in [6, 6.07) is 11.4. The average Bonchev–Trinajstić information content (AvgIpc) is 2.71. The van der Waals surface area contributed by atoms with Crippen molar-refractivity contribution in [1.29, 1.82) is 0 Å². The molecule has 0 aliphatic carbocycles. The second-order valence-electron chi connectivity index (χ2n) is 9.55. The second-order valence-corrected chi connectivity index (χ2v) is 11.9. The van der Waals surface area contributed by atoms with Crippen molar-refractivity contribution in [3.05, 3.63) is 64.2 Å². The van der Waals surface area contributed by atoms with Crippen LogP contribution in [0.3, 0.4) is 0 Å². The van der Waals surface area contributed by atoms with Gasteiger partial charge in [0.05, 0.1) is 11.9 Å². The molecule has 7 nitrogen and oxygen atoms in total. The van der Waals surface area contributed by atoms with Gasteiger partial charge < -0.3 is 10.2 Å². The van der Waals surface area contributed by atoms with Crippen LogP contribution in [0.2, 0.25) is 5.02 Å². The average molecular weight is 508 g/mol. The van der Waals surface area contributed by atoms with E-state index >= 15 is 0 Å². The van der Waals surface area contributed by atoms with Crippen LogP contribution in [0.25, 0.3) is 0 Å². The first-order chi connectivity index (χ1) is 15.6. The third-order valence-corrected chi connectivity index (χ3v) is 6.83. The van der Waals surface area contributed by atoms with Gasteiger partial charge in [0, 0.05) is 17.1 Å². The van der Waals surface area contributed by atoms with E-state index in [2.05, 4.69) is 5.32 Å². The topological polar surface area (TPSA) is 86.8 Å². The van der Waals surface area contributed by atoms with Crippen molar-refractivity contribution in [2.75, 3.05) is 17.1 Å². The number of aryl methyl sites for hydroxylation is 1. The summed E-state index contributed by atoms with van der Waals surface area (Å²) in [5, 5.41) is 3.45. The Balaban J connectivity index is 2.44. The number of rotatable bonds is 8. The van der Waals surface area contributed by atoms with E-state index in [0.29, 0.717) is 10.7 Å². The standard InChI is InChI=1S/C25H34ClN3O4S/c1-17-9-8-10-22(18(17)2)29(34(7,32)33)16-23(30)28(15-20-11-13-21(26)14-12-20)19(3)24(31)27-25(4,5)6/h8-14,19H,15-16H2,1-7H3,(H,27,31)/t19-/m1/s1. The van der Waals surface area contributed by atoms with Gasteiger partial charge in [-0.25, -0.2) is 8.42 Å². The number of carbonyl (C=O) groups is 2. The molecule has 0 heterocycles. The predicted octanol–water partition coefficient (Wildman–Crippen LogP) is 4.05. The highest BCUT2D eigenvalue weighted by molar-refractivity contribution is 7.92. The number of halogens is 1. The van der Waals surface area contributed by atoms with Crippen LogP contribution >= 0.6 is 11.6 Å². The van der Waals surface area contributed by atoms with Gasteiger partial charge in [0.15, 0.2) is 0 Å². The van der Waals surface area contributed by atoms with E-state index in [1.807, 2.05) is 40.7 Å².